The first-order valence-electron chi connectivity index (χ1n) is 10.3. The van der Waals surface area contributed by atoms with Crippen molar-refractivity contribution in [1.82, 2.24) is 10.2 Å². The average Bonchev–Trinajstić information content (AvgIpc) is 3.30. The van der Waals surface area contributed by atoms with E-state index >= 15 is 0 Å². The zero-order chi connectivity index (χ0) is 20.0. The monoisotopic (exact) mass is 391 g/mol. The number of hydrogen-bond acceptors (Lipinski definition) is 5. The van der Waals surface area contributed by atoms with Crippen LogP contribution in [0.5, 0.6) is 0 Å². The van der Waals surface area contributed by atoms with Gasteiger partial charge >= 0.3 is 5.97 Å². The second-order valence-corrected chi connectivity index (χ2v) is 8.14. The highest BCUT2D eigenvalue weighted by Gasteiger charge is 2.50. The van der Waals surface area contributed by atoms with Crippen molar-refractivity contribution in [2.24, 2.45) is 0 Å². The highest BCUT2D eigenvalue weighted by molar-refractivity contribution is 5.97. The van der Waals surface area contributed by atoms with E-state index in [9.17, 15) is 9.59 Å². The molecule has 5 rings (SSSR count). The predicted molar refractivity (Wildman–Crippen MR) is 110 cm³/mol. The van der Waals surface area contributed by atoms with Gasteiger partial charge in [0.15, 0.2) is 5.60 Å². The predicted octanol–water partition coefficient (Wildman–Crippen LogP) is 2.32. The van der Waals surface area contributed by atoms with E-state index in [-0.39, 0.29) is 11.9 Å². The third-order valence-electron chi connectivity index (χ3n) is 6.37. The van der Waals surface area contributed by atoms with Crippen molar-refractivity contribution >= 4 is 17.6 Å². The van der Waals surface area contributed by atoms with E-state index in [0.717, 1.165) is 48.6 Å². The second-order valence-electron chi connectivity index (χ2n) is 8.14. The van der Waals surface area contributed by atoms with E-state index in [1.54, 1.807) is 6.07 Å². The van der Waals surface area contributed by atoms with Crippen LogP contribution < -0.4 is 10.2 Å². The standard InChI is InChI=1S/C23H25N3O3/c1-16-14-17(25-12-9-24-10-13-25)6-7-18(16)21(27)26-11-8-23(15-26)20-5-3-2-4-19(20)22(28)29-23/h2-7,14,24H,8-13,15H2,1H3/t23-/m0/s1. The molecule has 3 aliphatic rings. The van der Waals surface area contributed by atoms with Crippen LogP contribution in [0, 0.1) is 6.92 Å². The SMILES string of the molecule is Cc1cc(N2CCNCC2)ccc1C(=O)N1CC[C@@]2(C1)OC(=O)c1ccccc12. The lowest BCUT2D eigenvalue weighted by Gasteiger charge is -2.30. The maximum Gasteiger partial charge on any atom is 0.339 e. The van der Waals surface area contributed by atoms with Crippen molar-refractivity contribution in [2.75, 3.05) is 44.2 Å². The summed E-state index contributed by atoms with van der Waals surface area (Å²) in [6.45, 7) is 6.91. The Morgan fingerprint density at radius 3 is 2.69 bits per heavy atom. The molecule has 150 valence electrons. The molecule has 2 aromatic carbocycles. The molecule has 1 N–H and O–H groups in total. The summed E-state index contributed by atoms with van der Waals surface area (Å²) in [6, 6.07) is 13.6. The van der Waals surface area contributed by atoms with Gasteiger partial charge in [0.2, 0.25) is 0 Å². The highest BCUT2D eigenvalue weighted by atomic mass is 16.6. The molecule has 0 radical (unpaired) electrons. The first-order chi connectivity index (χ1) is 14.1. The van der Waals surface area contributed by atoms with Gasteiger partial charge in [0.25, 0.3) is 5.91 Å². The largest absolute Gasteiger partial charge is 0.449 e. The smallest absolute Gasteiger partial charge is 0.339 e. The Morgan fingerprint density at radius 2 is 1.90 bits per heavy atom. The van der Waals surface area contributed by atoms with Crippen LogP contribution in [0.15, 0.2) is 42.5 Å². The lowest BCUT2D eigenvalue weighted by molar-refractivity contribution is -0.00306. The summed E-state index contributed by atoms with van der Waals surface area (Å²) < 4.78 is 5.78. The quantitative estimate of drug-likeness (QED) is 0.796. The summed E-state index contributed by atoms with van der Waals surface area (Å²) in [5, 5.41) is 3.36. The number of esters is 1. The van der Waals surface area contributed by atoms with Crippen LogP contribution in [0.4, 0.5) is 5.69 Å². The Balaban J connectivity index is 1.36. The number of amides is 1. The first kappa shape index (κ1) is 18.2. The van der Waals surface area contributed by atoms with Gasteiger partial charge < -0.3 is 19.9 Å². The normalized spacial score (nSPS) is 23.4. The summed E-state index contributed by atoms with van der Waals surface area (Å²) >= 11 is 0. The zero-order valence-electron chi connectivity index (χ0n) is 16.6. The molecule has 3 heterocycles. The van der Waals surface area contributed by atoms with Crippen LogP contribution in [0.3, 0.4) is 0 Å². The Kier molecular flexibility index (Phi) is 4.32. The number of fused-ring (bicyclic) bond motifs is 2. The number of anilines is 1. The number of carbonyl (C=O) groups excluding carboxylic acids is 2. The molecule has 6 nitrogen and oxygen atoms in total. The van der Waals surface area contributed by atoms with Crippen molar-refractivity contribution in [1.29, 1.82) is 0 Å². The minimum Gasteiger partial charge on any atom is -0.449 e. The fourth-order valence-corrected chi connectivity index (χ4v) is 4.78. The van der Waals surface area contributed by atoms with E-state index in [1.165, 1.54) is 0 Å². The van der Waals surface area contributed by atoms with Gasteiger partial charge in [-0.1, -0.05) is 18.2 Å². The molecule has 3 aliphatic heterocycles. The number of nitrogens with one attached hydrogen (secondary N) is 1. The molecule has 1 amide bonds. The number of rotatable bonds is 2. The van der Waals surface area contributed by atoms with Crippen molar-refractivity contribution < 1.29 is 14.3 Å². The molecule has 2 fully saturated rings. The molecule has 1 spiro atoms. The van der Waals surface area contributed by atoms with Crippen molar-refractivity contribution in [3.8, 4) is 0 Å². The third-order valence-corrected chi connectivity index (χ3v) is 6.37. The van der Waals surface area contributed by atoms with Crippen molar-refractivity contribution in [3.63, 3.8) is 0 Å². The zero-order valence-corrected chi connectivity index (χ0v) is 16.6. The van der Waals surface area contributed by atoms with Gasteiger partial charge in [-0.2, -0.15) is 0 Å². The highest BCUT2D eigenvalue weighted by Crippen LogP contribution is 2.43. The van der Waals surface area contributed by atoms with Gasteiger partial charge in [-0.25, -0.2) is 4.79 Å². The van der Waals surface area contributed by atoms with Crippen LogP contribution >= 0.6 is 0 Å². The Morgan fingerprint density at radius 1 is 1.10 bits per heavy atom. The lowest BCUT2D eigenvalue weighted by Crippen LogP contribution is -2.43. The van der Waals surface area contributed by atoms with Gasteiger partial charge in [0.1, 0.15) is 0 Å². The molecular formula is C23H25N3O3. The molecule has 1 atom stereocenters. The molecule has 2 aromatic rings. The average molecular weight is 391 g/mol. The van der Waals surface area contributed by atoms with E-state index in [0.29, 0.717) is 25.1 Å². The molecule has 2 saturated heterocycles. The van der Waals surface area contributed by atoms with Crippen LogP contribution in [-0.4, -0.2) is 56.0 Å². The van der Waals surface area contributed by atoms with Crippen molar-refractivity contribution in [2.45, 2.75) is 18.9 Å². The Labute approximate surface area is 170 Å². The topological polar surface area (TPSA) is 61.9 Å². The number of carbonyl (C=O) groups is 2. The van der Waals surface area contributed by atoms with E-state index in [2.05, 4.69) is 16.3 Å². The fraction of sp³-hybridized carbons (Fsp3) is 0.391. The van der Waals surface area contributed by atoms with E-state index < -0.39 is 5.60 Å². The minimum absolute atomic E-state index is 0.00617. The molecule has 0 aromatic heterocycles. The molecule has 6 heteroatoms. The first-order valence-corrected chi connectivity index (χ1v) is 10.3. The van der Waals surface area contributed by atoms with Gasteiger partial charge in [-0.15, -0.1) is 0 Å². The van der Waals surface area contributed by atoms with E-state index in [4.69, 9.17) is 4.74 Å². The lowest BCUT2D eigenvalue weighted by atomic mass is 9.91. The molecule has 0 aliphatic carbocycles. The number of aryl methyl sites for hydroxylation is 1. The summed E-state index contributed by atoms with van der Waals surface area (Å²) in [5.41, 5.74) is 3.70. The fourth-order valence-electron chi connectivity index (χ4n) is 4.78. The minimum atomic E-state index is -0.696. The van der Waals surface area contributed by atoms with Crippen LogP contribution in [0.25, 0.3) is 0 Å². The maximum absolute atomic E-state index is 13.3. The van der Waals surface area contributed by atoms with E-state index in [1.807, 2.05) is 42.2 Å². The number of hydrogen-bond donors (Lipinski definition) is 1. The summed E-state index contributed by atoms with van der Waals surface area (Å²) in [4.78, 5) is 29.7. The second kappa shape index (κ2) is 6.88. The number of benzene rings is 2. The summed E-state index contributed by atoms with van der Waals surface area (Å²) in [5.74, 6) is -0.280. The molecule has 29 heavy (non-hydrogen) atoms. The Hall–Kier alpha value is -2.86. The van der Waals surface area contributed by atoms with Crippen molar-refractivity contribution in [3.05, 3.63) is 64.7 Å². The molecular weight excluding hydrogens is 366 g/mol. The molecule has 0 saturated carbocycles. The molecule has 0 bridgehead atoms. The van der Waals surface area contributed by atoms with Crippen LogP contribution in [-0.2, 0) is 10.3 Å². The van der Waals surface area contributed by atoms with Gasteiger partial charge in [-0.05, 0) is 36.8 Å². The maximum atomic E-state index is 13.3. The van der Waals surface area contributed by atoms with Crippen LogP contribution in [0.1, 0.15) is 38.3 Å². The number of ether oxygens (including phenoxy) is 1. The number of nitrogens with zero attached hydrogens (tertiary/aromatic N) is 2. The summed E-state index contributed by atoms with van der Waals surface area (Å²) in [7, 11) is 0. The van der Waals surface area contributed by atoms with Gasteiger partial charge in [0, 0.05) is 56.0 Å². The van der Waals surface area contributed by atoms with Crippen LogP contribution in [0.2, 0.25) is 0 Å². The number of likely N-dealkylation sites (tertiary alicyclic amines) is 1. The van der Waals surface area contributed by atoms with Gasteiger partial charge in [0.05, 0.1) is 12.1 Å². The summed E-state index contributed by atoms with van der Waals surface area (Å²) in [6.07, 6.45) is 0.638. The molecule has 0 unspecified atom stereocenters. The Bertz CT molecular complexity index is 983. The third kappa shape index (κ3) is 2.99. The number of piperazine rings is 1. The van der Waals surface area contributed by atoms with Gasteiger partial charge in [-0.3, -0.25) is 4.79 Å².